The van der Waals surface area contributed by atoms with E-state index >= 15 is 0 Å². The molecule has 0 bridgehead atoms. The summed E-state index contributed by atoms with van der Waals surface area (Å²) in [7, 11) is -0.682. The van der Waals surface area contributed by atoms with Gasteiger partial charge in [-0.2, -0.15) is 0 Å². The summed E-state index contributed by atoms with van der Waals surface area (Å²) in [4.78, 5) is 2.22. The van der Waals surface area contributed by atoms with E-state index in [0.29, 0.717) is 17.5 Å². The number of rotatable bonds is 2. The summed E-state index contributed by atoms with van der Waals surface area (Å²) in [6, 6.07) is 0.815. The van der Waals surface area contributed by atoms with Crippen LogP contribution >= 0.6 is 0 Å². The Morgan fingerprint density at radius 1 is 1.31 bits per heavy atom. The lowest BCUT2D eigenvalue weighted by molar-refractivity contribution is 0.139. The van der Waals surface area contributed by atoms with Crippen molar-refractivity contribution in [2.45, 2.75) is 18.5 Å². The van der Waals surface area contributed by atoms with Crippen LogP contribution in [0, 0.1) is 0 Å². The molecule has 1 unspecified atom stereocenters. The van der Waals surface area contributed by atoms with Gasteiger partial charge >= 0.3 is 0 Å². The first-order chi connectivity index (χ1) is 6.08. The summed E-state index contributed by atoms with van der Waals surface area (Å²) in [6.07, 6.45) is 0.815. The molecule has 5 heteroatoms. The van der Waals surface area contributed by atoms with Crippen LogP contribution < -0.4 is 5.32 Å². The minimum atomic E-state index is -2.72. The van der Waals surface area contributed by atoms with Crippen molar-refractivity contribution in [3.8, 4) is 0 Å². The lowest BCUT2D eigenvalue weighted by Crippen LogP contribution is -2.58. The van der Waals surface area contributed by atoms with Crippen molar-refractivity contribution in [3.05, 3.63) is 0 Å². The smallest absolute Gasteiger partial charge is 0.151 e. The highest BCUT2D eigenvalue weighted by atomic mass is 32.2. The highest BCUT2D eigenvalue weighted by Crippen LogP contribution is 2.19. The quantitative estimate of drug-likeness (QED) is 0.632. The normalized spacial score (nSPS) is 33.5. The minimum Gasteiger partial charge on any atom is -0.314 e. The number of sulfone groups is 1. The second-order valence-electron chi connectivity index (χ2n) is 4.03. The molecule has 2 heterocycles. The van der Waals surface area contributed by atoms with Gasteiger partial charge in [0.15, 0.2) is 9.84 Å². The van der Waals surface area contributed by atoms with Crippen LogP contribution in [0.2, 0.25) is 0 Å². The Labute approximate surface area is 79.2 Å². The number of nitrogens with zero attached hydrogens (tertiary/aromatic N) is 1. The summed E-state index contributed by atoms with van der Waals surface area (Å²) in [5, 5.41) is 3.20. The Morgan fingerprint density at radius 3 is 2.38 bits per heavy atom. The van der Waals surface area contributed by atoms with Gasteiger partial charge in [0, 0.05) is 25.2 Å². The highest BCUT2D eigenvalue weighted by molar-refractivity contribution is 7.91. The van der Waals surface area contributed by atoms with Crippen LogP contribution in [0.3, 0.4) is 0 Å². The van der Waals surface area contributed by atoms with Gasteiger partial charge < -0.3 is 5.32 Å². The third kappa shape index (κ3) is 1.87. The van der Waals surface area contributed by atoms with Crippen LogP contribution in [0.25, 0.3) is 0 Å². The van der Waals surface area contributed by atoms with Crippen LogP contribution in [0.1, 0.15) is 6.42 Å². The first-order valence-corrected chi connectivity index (χ1v) is 6.54. The first kappa shape index (κ1) is 9.43. The van der Waals surface area contributed by atoms with Crippen molar-refractivity contribution in [1.29, 1.82) is 0 Å². The molecule has 2 aliphatic rings. The van der Waals surface area contributed by atoms with E-state index in [-0.39, 0.29) is 6.04 Å². The molecule has 2 aliphatic heterocycles. The van der Waals surface area contributed by atoms with Gasteiger partial charge in [-0.1, -0.05) is 0 Å². The number of likely N-dealkylation sites (N-methyl/N-ethyl adjacent to an activating group) is 1. The molecule has 0 amide bonds. The van der Waals surface area contributed by atoms with Gasteiger partial charge in [-0.25, -0.2) is 8.42 Å². The highest BCUT2D eigenvalue weighted by Gasteiger charge is 2.35. The van der Waals surface area contributed by atoms with Gasteiger partial charge in [-0.05, 0) is 13.5 Å². The van der Waals surface area contributed by atoms with Gasteiger partial charge in [0.05, 0.1) is 11.5 Å². The molecule has 1 N–H and O–H groups in total. The molecule has 0 aromatic carbocycles. The van der Waals surface area contributed by atoms with Crippen LogP contribution in [0.4, 0.5) is 0 Å². The van der Waals surface area contributed by atoms with E-state index < -0.39 is 9.84 Å². The van der Waals surface area contributed by atoms with Crippen molar-refractivity contribution in [2.75, 3.05) is 31.6 Å². The van der Waals surface area contributed by atoms with Crippen molar-refractivity contribution < 1.29 is 8.42 Å². The van der Waals surface area contributed by atoms with E-state index in [1.807, 2.05) is 7.05 Å². The Bertz CT molecular complexity index is 285. The van der Waals surface area contributed by atoms with Gasteiger partial charge in [0.1, 0.15) is 0 Å². The third-order valence-electron chi connectivity index (χ3n) is 3.12. The fraction of sp³-hybridized carbons (Fsp3) is 1.00. The molecule has 0 spiro atoms. The minimum absolute atomic E-state index is 0.261. The Morgan fingerprint density at radius 2 is 2.00 bits per heavy atom. The zero-order chi connectivity index (χ0) is 9.47. The molecule has 2 fully saturated rings. The van der Waals surface area contributed by atoms with Crippen molar-refractivity contribution in [3.63, 3.8) is 0 Å². The topological polar surface area (TPSA) is 49.4 Å². The summed E-state index contributed by atoms with van der Waals surface area (Å²) in [6.45, 7) is 2.01. The van der Waals surface area contributed by atoms with Crippen LogP contribution in [-0.2, 0) is 9.84 Å². The van der Waals surface area contributed by atoms with Crippen molar-refractivity contribution in [2.24, 2.45) is 0 Å². The average Bonchev–Trinajstić information content (AvgIpc) is 2.26. The van der Waals surface area contributed by atoms with Gasteiger partial charge in [0.25, 0.3) is 0 Å². The van der Waals surface area contributed by atoms with Crippen molar-refractivity contribution >= 4 is 9.84 Å². The predicted molar refractivity (Wildman–Crippen MR) is 51.5 cm³/mol. The molecule has 4 nitrogen and oxygen atoms in total. The molecule has 76 valence electrons. The summed E-state index contributed by atoms with van der Waals surface area (Å²) in [5.41, 5.74) is 0. The molecule has 2 rings (SSSR count). The van der Waals surface area contributed by atoms with E-state index in [1.165, 1.54) is 0 Å². The lowest BCUT2D eigenvalue weighted by atomic mass is 10.1. The summed E-state index contributed by atoms with van der Waals surface area (Å²) < 4.78 is 22.5. The van der Waals surface area contributed by atoms with Crippen LogP contribution in [-0.4, -0.2) is 57.0 Å². The molecule has 0 radical (unpaired) electrons. The Balaban J connectivity index is 1.94. The fourth-order valence-corrected chi connectivity index (χ4v) is 3.74. The number of nitrogens with one attached hydrogen (secondary N) is 1. The molecule has 0 aliphatic carbocycles. The standard InChI is InChI=1S/C8H16N2O2S/c1-10(8-4-9-5-8)7-2-3-13(11,12)6-7/h7-9H,2-6H2,1H3. The van der Waals surface area contributed by atoms with E-state index in [0.717, 1.165) is 19.5 Å². The van der Waals surface area contributed by atoms with Gasteiger partial charge in [-0.3, -0.25) is 4.90 Å². The average molecular weight is 204 g/mol. The van der Waals surface area contributed by atoms with Crippen LogP contribution in [0.5, 0.6) is 0 Å². The Kier molecular flexibility index (Phi) is 2.33. The van der Waals surface area contributed by atoms with Gasteiger partial charge in [0.2, 0.25) is 0 Å². The molecule has 0 aromatic rings. The zero-order valence-corrected chi connectivity index (χ0v) is 8.68. The maximum Gasteiger partial charge on any atom is 0.151 e. The van der Waals surface area contributed by atoms with Crippen LogP contribution in [0.15, 0.2) is 0 Å². The fourth-order valence-electron chi connectivity index (χ4n) is 1.96. The molecular weight excluding hydrogens is 188 g/mol. The maximum absolute atomic E-state index is 11.2. The molecule has 0 aromatic heterocycles. The zero-order valence-electron chi connectivity index (χ0n) is 7.86. The van der Waals surface area contributed by atoms with E-state index in [1.54, 1.807) is 0 Å². The van der Waals surface area contributed by atoms with E-state index in [9.17, 15) is 8.42 Å². The first-order valence-electron chi connectivity index (χ1n) is 4.71. The molecule has 2 saturated heterocycles. The monoisotopic (exact) mass is 204 g/mol. The molecule has 1 atom stereocenters. The lowest BCUT2D eigenvalue weighted by Gasteiger charge is -2.38. The second-order valence-corrected chi connectivity index (χ2v) is 6.26. The third-order valence-corrected chi connectivity index (χ3v) is 4.87. The Hall–Kier alpha value is -0.130. The van der Waals surface area contributed by atoms with Gasteiger partial charge in [-0.15, -0.1) is 0 Å². The van der Waals surface area contributed by atoms with E-state index in [2.05, 4.69) is 10.2 Å². The van der Waals surface area contributed by atoms with E-state index in [4.69, 9.17) is 0 Å². The molecule has 0 saturated carbocycles. The molecular formula is C8H16N2O2S. The predicted octanol–water partition coefficient (Wildman–Crippen LogP) is -0.923. The SMILES string of the molecule is CN(C1CNC1)C1CCS(=O)(=O)C1. The maximum atomic E-state index is 11.2. The largest absolute Gasteiger partial charge is 0.314 e. The summed E-state index contributed by atoms with van der Waals surface area (Å²) >= 11 is 0. The second kappa shape index (κ2) is 3.22. The number of hydrogen-bond donors (Lipinski definition) is 1. The number of hydrogen-bond acceptors (Lipinski definition) is 4. The molecule has 13 heavy (non-hydrogen) atoms. The summed E-state index contributed by atoms with van der Waals surface area (Å²) in [5.74, 6) is 0.738. The van der Waals surface area contributed by atoms with Crippen molar-refractivity contribution in [1.82, 2.24) is 10.2 Å².